The molecule has 0 heterocycles. The Morgan fingerprint density at radius 1 is 1.06 bits per heavy atom. The number of hydrogen-bond donors (Lipinski definition) is 1. The first-order chi connectivity index (χ1) is 16.4. The Hall–Kier alpha value is -2.59. The number of rotatable bonds is 12. The smallest absolute Gasteiger partial charge is 0.242 e. The van der Waals surface area contributed by atoms with Gasteiger partial charge in [0.25, 0.3) is 0 Å². The summed E-state index contributed by atoms with van der Waals surface area (Å²) in [7, 11) is -2.13. The minimum atomic E-state index is -3.60. The van der Waals surface area contributed by atoms with Crippen LogP contribution < -0.4 is 14.4 Å². The van der Waals surface area contributed by atoms with Crippen LogP contribution in [-0.4, -0.2) is 57.1 Å². The first kappa shape index (κ1) is 28.6. The van der Waals surface area contributed by atoms with Crippen LogP contribution in [0.4, 0.5) is 5.69 Å². The Labute approximate surface area is 216 Å². The zero-order chi connectivity index (χ0) is 26.2. The summed E-state index contributed by atoms with van der Waals surface area (Å²) in [6, 6.07) is 13.7. The summed E-state index contributed by atoms with van der Waals surface area (Å²) >= 11 is 3.41. The fourth-order valence-electron chi connectivity index (χ4n) is 3.59. The summed E-state index contributed by atoms with van der Waals surface area (Å²) in [4.78, 5) is 27.5. The summed E-state index contributed by atoms with van der Waals surface area (Å²) < 4.78 is 32.5. The molecule has 10 heteroatoms. The van der Waals surface area contributed by atoms with Gasteiger partial charge in [0, 0.05) is 30.0 Å². The molecule has 0 aliphatic heterocycles. The molecule has 0 radical (unpaired) electrons. The highest BCUT2D eigenvalue weighted by molar-refractivity contribution is 9.10. The van der Waals surface area contributed by atoms with Gasteiger partial charge >= 0.3 is 0 Å². The van der Waals surface area contributed by atoms with Gasteiger partial charge < -0.3 is 15.0 Å². The van der Waals surface area contributed by atoms with Gasteiger partial charge in [0.05, 0.1) is 19.1 Å². The lowest BCUT2D eigenvalue weighted by Crippen LogP contribution is -2.49. The van der Waals surface area contributed by atoms with E-state index in [0.717, 1.165) is 16.3 Å². The molecule has 0 bridgehead atoms. The largest absolute Gasteiger partial charge is 0.495 e. The Bertz CT molecular complexity index is 1110. The molecule has 1 atom stereocenters. The number of carbonyl (C=O) groups excluding carboxylic acids is 2. The zero-order valence-corrected chi connectivity index (χ0v) is 23.2. The van der Waals surface area contributed by atoms with Gasteiger partial charge in [0.15, 0.2) is 0 Å². The molecule has 0 saturated heterocycles. The van der Waals surface area contributed by atoms with Crippen molar-refractivity contribution >= 4 is 43.5 Å². The number of halogens is 1. The third-order valence-corrected chi connectivity index (χ3v) is 7.08. The van der Waals surface area contributed by atoms with Gasteiger partial charge in [-0.05, 0) is 57.0 Å². The van der Waals surface area contributed by atoms with Crippen LogP contribution >= 0.6 is 15.9 Å². The monoisotopic (exact) mass is 567 g/mol. The van der Waals surface area contributed by atoms with Crippen molar-refractivity contribution < 1.29 is 22.7 Å². The van der Waals surface area contributed by atoms with Crippen molar-refractivity contribution in [3.8, 4) is 5.75 Å². The second-order valence-corrected chi connectivity index (χ2v) is 11.4. The Balaban J connectivity index is 2.19. The molecule has 2 rings (SSSR count). The van der Waals surface area contributed by atoms with Gasteiger partial charge in [-0.25, -0.2) is 8.42 Å². The molecule has 0 spiro atoms. The molecule has 192 valence electrons. The molecule has 0 unspecified atom stereocenters. The Kier molecular flexibility index (Phi) is 10.6. The number of nitrogens with zero attached hydrogens (tertiary/aromatic N) is 2. The average molecular weight is 569 g/mol. The van der Waals surface area contributed by atoms with Crippen LogP contribution in [0.5, 0.6) is 5.75 Å². The lowest BCUT2D eigenvalue weighted by atomic mass is 10.1. The van der Waals surface area contributed by atoms with Crippen molar-refractivity contribution in [2.75, 3.05) is 24.2 Å². The number of amides is 2. The van der Waals surface area contributed by atoms with Gasteiger partial charge in [-0.3, -0.25) is 13.9 Å². The van der Waals surface area contributed by atoms with Crippen LogP contribution in [0.3, 0.4) is 0 Å². The highest BCUT2D eigenvalue weighted by atomic mass is 79.9. The van der Waals surface area contributed by atoms with Crippen LogP contribution in [0.1, 0.15) is 39.2 Å². The number of para-hydroxylation sites is 2. The molecule has 2 aromatic carbocycles. The molecule has 0 saturated carbocycles. The molecule has 0 aromatic heterocycles. The average Bonchev–Trinajstić information content (AvgIpc) is 2.79. The molecule has 8 nitrogen and oxygen atoms in total. The number of ether oxygens (including phenoxy) is 1. The maximum atomic E-state index is 13.3. The minimum absolute atomic E-state index is 0.0567. The van der Waals surface area contributed by atoms with Crippen LogP contribution in [0.2, 0.25) is 0 Å². The van der Waals surface area contributed by atoms with E-state index in [4.69, 9.17) is 4.74 Å². The summed E-state index contributed by atoms with van der Waals surface area (Å²) in [5, 5.41) is 2.86. The topological polar surface area (TPSA) is 96.0 Å². The molecule has 2 aromatic rings. The highest BCUT2D eigenvalue weighted by Gasteiger charge is 2.27. The summed E-state index contributed by atoms with van der Waals surface area (Å²) in [6.07, 6.45) is 1.48. The SMILES string of the molecule is COc1ccccc1N(CCCC(=O)N(Cc1ccc(Br)cc1)[C@H](C)C(=O)NC(C)C)S(C)(=O)=O. The number of methoxy groups -OCH3 is 1. The zero-order valence-electron chi connectivity index (χ0n) is 20.8. The Morgan fingerprint density at radius 2 is 1.69 bits per heavy atom. The second-order valence-electron chi connectivity index (χ2n) is 8.60. The fourth-order valence-corrected chi connectivity index (χ4v) is 4.83. The number of sulfonamides is 1. The molecular weight excluding hydrogens is 534 g/mol. The maximum absolute atomic E-state index is 13.3. The number of carbonyl (C=O) groups is 2. The number of nitrogens with one attached hydrogen (secondary N) is 1. The number of hydrogen-bond acceptors (Lipinski definition) is 5. The van der Waals surface area contributed by atoms with Crippen LogP contribution in [-0.2, 0) is 26.2 Å². The molecular formula is C25H34BrN3O5S. The highest BCUT2D eigenvalue weighted by Crippen LogP contribution is 2.29. The van der Waals surface area contributed by atoms with Crippen LogP contribution in [0.15, 0.2) is 53.0 Å². The number of benzene rings is 2. The predicted octanol–water partition coefficient (Wildman–Crippen LogP) is 3.95. The summed E-state index contributed by atoms with van der Waals surface area (Å²) in [6.45, 7) is 5.79. The normalized spacial score (nSPS) is 12.2. The van der Waals surface area contributed by atoms with Crippen LogP contribution in [0, 0.1) is 0 Å². The standard InChI is InChI=1S/C25H34BrN3O5S/c1-18(2)27-25(31)19(3)28(17-20-12-14-21(26)15-13-20)24(30)11-8-16-29(35(5,32)33)22-9-6-7-10-23(22)34-4/h6-7,9-10,12-15,18-19H,8,11,16-17H2,1-5H3,(H,27,31)/t19-/m1/s1. The van der Waals surface area contributed by atoms with Crippen molar-refractivity contribution in [3.05, 3.63) is 58.6 Å². The lowest BCUT2D eigenvalue weighted by molar-refractivity contribution is -0.140. The van der Waals surface area contributed by atoms with E-state index in [-0.39, 0.29) is 43.8 Å². The summed E-state index contributed by atoms with van der Waals surface area (Å²) in [5.74, 6) is -0.0369. The molecule has 0 aliphatic carbocycles. The molecule has 2 amide bonds. The number of anilines is 1. The van der Waals surface area contributed by atoms with Gasteiger partial charge in [-0.1, -0.05) is 40.2 Å². The second kappa shape index (κ2) is 12.9. The fraction of sp³-hybridized carbons (Fsp3) is 0.440. The quantitative estimate of drug-likeness (QED) is 0.419. The van der Waals surface area contributed by atoms with E-state index in [1.165, 1.54) is 16.3 Å². The van der Waals surface area contributed by atoms with Crippen molar-refractivity contribution in [1.29, 1.82) is 0 Å². The lowest BCUT2D eigenvalue weighted by Gasteiger charge is -2.30. The van der Waals surface area contributed by atoms with E-state index in [1.807, 2.05) is 38.1 Å². The van der Waals surface area contributed by atoms with Gasteiger partial charge in [-0.2, -0.15) is 0 Å². The first-order valence-corrected chi connectivity index (χ1v) is 14.0. The van der Waals surface area contributed by atoms with E-state index in [0.29, 0.717) is 11.4 Å². The first-order valence-electron chi connectivity index (χ1n) is 11.4. The maximum Gasteiger partial charge on any atom is 0.242 e. The van der Waals surface area contributed by atoms with Gasteiger partial charge in [0.1, 0.15) is 11.8 Å². The van der Waals surface area contributed by atoms with E-state index in [9.17, 15) is 18.0 Å². The molecule has 1 N–H and O–H groups in total. The van der Waals surface area contributed by atoms with Gasteiger partial charge in [0.2, 0.25) is 21.8 Å². The van der Waals surface area contributed by atoms with Crippen molar-refractivity contribution in [2.45, 2.75) is 52.2 Å². The third kappa shape index (κ3) is 8.54. The van der Waals surface area contributed by atoms with Crippen molar-refractivity contribution in [2.24, 2.45) is 0 Å². The minimum Gasteiger partial charge on any atom is -0.495 e. The van der Waals surface area contributed by atoms with E-state index in [2.05, 4.69) is 21.2 Å². The molecule has 0 fully saturated rings. The summed E-state index contributed by atoms with van der Waals surface area (Å²) in [5.41, 5.74) is 1.30. The van der Waals surface area contributed by atoms with Crippen LogP contribution in [0.25, 0.3) is 0 Å². The van der Waals surface area contributed by atoms with E-state index in [1.54, 1.807) is 31.2 Å². The third-order valence-electron chi connectivity index (χ3n) is 5.37. The van der Waals surface area contributed by atoms with Gasteiger partial charge in [-0.15, -0.1) is 0 Å². The van der Waals surface area contributed by atoms with Crippen molar-refractivity contribution in [1.82, 2.24) is 10.2 Å². The van der Waals surface area contributed by atoms with Crippen molar-refractivity contribution in [3.63, 3.8) is 0 Å². The van der Waals surface area contributed by atoms with E-state index >= 15 is 0 Å². The molecule has 35 heavy (non-hydrogen) atoms. The van der Waals surface area contributed by atoms with E-state index < -0.39 is 16.1 Å². The Morgan fingerprint density at radius 3 is 2.26 bits per heavy atom. The molecule has 0 aliphatic rings. The predicted molar refractivity (Wildman–Crippen MR) is 142 cm³/mol.